The van der Waals surface area contributed by atoms with Gasteiger partial charge in [-0.3, -0.25) is 4.99 Å². The van der Waals surface area contributed by atoms with Crippen molar-refractivity contribution in [3.05, 3.63) is 29.8 Å². The largest absolute Gasteiger partial charge is 0.356 e. The van der Waals surface area contributed by atoms with Crippen LogP contribution in [-0.4, -0.2) is 43.6 Å². The topological polar surface area (TPSA) is 77.6 Å². The second-order valence-electron chi connectivity index (χ2n) is 6.00. The second-order valence-corrected chi connectivity index (χ2v) is 6.99. The highest BCUT2D eigenvalue weighted by Gasteiger charge is 2.03. The van der Waals surface area contributed by atoms with Gasteiger partial charge in [-0.25, -0.2) is 4.79 Å². The zero-order valence-corrected chi connectivity index (χ0v) is 16.5. The monoisotopic (exact) mass is 365 g/mol. The SMILES string of the molecule is CN=C(NCCCCSC)NCc1ccc(NC(=O)NC(C)C)cc1. The zero-order chi connectivity index (χ0) is 18.5. The number of aliphatic imine (C=N–C) groups is 1. The van der Waals surface area contributed by atoms with E-state index in [0.717, 1.165) is 30.2 Å². The van der Waals surface area contributed by atoms with Crippen LogP contribution in [0, 0.1) is 0 Å². The Morgan fingerprint density at radius 2 is 1.88 bits per heavy atom. The van der Waals surface area contributed by atoms with Crippen molar-refractivity contribution in [1.82, 2.24) is 16.0 Å². The summed E-state index contributed by atoms with van der Waals surface area (Å²) in [6.45, 7) is 5.47. The Bertz CT molecular complexity index is 531. The molecule has 0 aliphatic rings. The van der Waals surface area contributed by atoms with Gasteiger partial charge in [0.25, 0.3) is 0 Å². The molecule has 0 bridgehead atoms. The van der Waals surface area contributed by atoms with Crippen LogP contribution in [0.3, 0.4) is 0 Å². The number of amides is 2. The molecule has 0 spiro atoms. The number of carbonyl (C=O) groups is 1. The standard InChI is InChI=1S/C18H31N5OS/c1-14(2)22-18(24)23-16-9-7-15(8-10-16)13-21-17(19-3)20-11-5-6-12-25-4/h7-10,14H,5-6,11-13H2,1-4H3,(H2,19,20,21)(H2,22,23,24). The first-order chi connectivity index (χ1) is 12.0. The molecular formula is C18H31N5OS. The van der Waals surface area contributed by atoms with Gasteiger partial charge < -0.3 is 21.3 Å². The lowest BCUT2D eigenvalue weighted by atomic mass is 10.2. The molecule has 1 rings (SSSR count). The number of anilines is 1. The minimum Gasteiger partial charge on any atom is -0.356 e. The molecule has 0 unspecified atom stereocenters. The van der Waals surface area contributed by atoms with Crippen molar-refractivity contribution in [2.45, 2.75) is 39.3 Å². The van der Waals surface area contributed by atoms with E-state index in [-0.39, 0.29) is 12.1 Å². The third kappa shape index (κ3) is 9.86. The highest BCUT2D eigenvalue weighted by Crippen LogP contribution is 2.09. The van der Waals surface area contributed by atoms with Crippen LogP contribution in [0.1, 0.15) is 32.3 Å². The number of thioether (sulfide) groups is 1. The van der Waals surface area contributed by atoms with Gasteiger partial charge in [-0.1, -0.05) is 12.1 Å². The van der Waals surface area contributed by atoms with E-state index in [1.807, 2.05) is 49.9 Å². The van der Waals surface area contributed by atoms with Crippen LogP contribution in [0.15, 0.2) is 29.3 Å². The smallest absolute Gasteiger partial charge is 0.319 e. The summed E-state index contributed by atoms with van der Waals surface area (Å²) in [5, 5.41) is 12.2. The fraction of sp³-hybridized carbons (Fsp3) is 0.556. The fourth-order valence-electron chi connectivity index (χ4n) is 2.12. The highest BCUT2D eigenvalue weighted by molar-refractivity contribution is 7.98. The third-order valence-electron chi connectivity index (χ3n) is 3.38. The van der Waals surface area contributed by atoms with Crippen molar-refractivity contribution in [3.8, 4) is 0 Å². The molecule has 2 amide bonds. The minimum atomic E-state index is -0.188. The molecule has 0 saturated heterocycles. The average Bonchev–Trinajstić information content (AvgIpc) is 2.58. The summed E-state index contributed by atoms with van der Waals surface area (Å²) in [5.41, 5.74) is 1.90. The minimum absolute atomic E-state index is 0.114. The number of unbranched alkanes of at least 4 members (excludes halogenated alkanes) is 1. The van der Waals surface area contributed by atoms with Crippen molar-refractivity contribution < 1.29 is 4.79 Å². The van der Waals surface area contributed by atoms with Gasteiger partial charge in [0.1, 0.15) is 0 Å². The number of benzene rings is 1. The molecule has 1 aromatic rings. The van der Waals surface area contributed by atoms with Crippen LogP contribution in [-0.2, 0) is 6.54 Å². The molecule has 0 heterocycles. The molecular weight excluding hydrogens is 334 g/mol. The number of hydrogen-bond donors (Lipinski definition) is 4. The predicted octanol–water partition coefficient (Wildman–Crippen LogP) is 3.02. The Morgan fingerprint density at radius 1 is 1.16 bits per heavy atom. The van der Waals surface area contributed by atoms with Gasteiger partial charge in [-0.05, 0) is 56.4 Å². The molecule has 0 atom stereocenters. The summed E-state index contributed by atoms with van der Waals surface area (Å²) in [6.07, 6.45) is 4.48. The van der Waals surface area contributed by atoms with Gasteiger partial charge in [0.15, 0.2) is 5.96 Å². The molecule has 25 heavy (non-hydrogen) atoms. The van der Waals surface area contributed by atoms with E-state index in [0.29, 0.717) is 6.54 Å². The normalized spacial score (nSPS) is 11.3. The van der Waals surface area contributed by atoms with E-state index < -0.39 is 0 Å². The summed E-state index contributed by atoms with van der Waals surface area (Å²) in [6, 6.07) is 7.70. The van der Waals surface area contributed by atoms with Crippen LogP contribution in [0.5, 0.6) is 0 Å². The Kier molecular flexibility index (Phi) is 10.6. The molecule has 0 aliphatic heterocycles. The molecule has 0 saturated carbocycles. The Hall–Kier alpha value is -1.89. The van der Waals surface area contributed by atoms with E-state index in [1.54, 1.807) is 7.05 Å². The highest BCUT2D eigenvalue weighted by atomic mass is 32.2. The van der Waals surface area contributed by atoms with Crippen LogP contribution in [0.2, 0.25) is 0 Å². The molecule has 140 valence electrons. The lowest BCUT2D eigenvalue weighted by molar-refractivity contribution is 0.250. The molecule has 6 nitrogen and oxygen atoms in total. The van der Waals surface area contributed by atoms with Gasteiger partial charge in [0.2, 0.25) is 0 Å². The summed E-state index contributed by atoms with van der Waals surface area (Å²) in [5.74, 6) is 2.01. The lowest BCUT2D eigenvalue weighted by Crippen LogP contribution is -2.37. The first-order valence-electron chi connectivity index (χ1n) is 8.65. The van der Waals surface area contributed by atoms with Crippen molar-refractivity contribution in [2.75, 3.05) is 30.9 Å². The van der Waals surface area contributed by atoms with Gasteiger partial charge in [-0.2, -0.15) is 11.8 Å². The first kappa shape index (κ1) is 21.2. The van der Waals surface area contributed by atoms with E-state index in [4.69, 9.17) is 0 Å². The van der Waals surface area contributed by atoms with Crippen LogP contribution in [0.4, 0.5) is 10.5 Å². The maximum Gasteiger partial charge on any atom is 0.319 e. The molecule has 7 heteroatoms. The number of hydrogen-bond acceptors (Lipinski definition) is 3. The van der Waals surface area contributed by atoms with Crippen LogP contribution >= 0.6 is 11.8 Å². The molecule has 0 aromatic heterocycles. The number of guanidine groups is 1. The molecule has 1 aromatic carbocycles. The van der Waals surface area contributed by atoms with Crippen molar-refractivity contribution in [1.29, 1.82) is 0 Å². The quantitative estimate of drug-likeness (QED) is 0.308. The Labute approximate surface area is 155 Å². The second kappa shape index (κ2) is 12.5. The van der Waals surface area contributed by atoms with E-state index >= 15 is 0 Å². The predicted molar refractivity (Wildman–Crippen MR) is 110 cm³/mol. The van der Waals surface area contributed by atoms with Gasteiger partial charge >= 0.3 is 6.03 Å². The molecule has 0 radical (unpaired) electrons. The average molecular weight is 366 g/mol. The van der Waals surface area contributed by atoms with Gasteiger partial charge in [-0.15, -0.1) is 0 Å². The van der Waals surface area contributed by atoms with E-state index in [9.17, 15) is 4.79 Å². The molecule has 4 N–H and O–H groups in total. The van der Waals surface area contributed by atoms with Crippen molar-refractivity contribution in [2.24, 2.45) is 4.99 Å². The first-order valence-corrected chi connectivity index (χ1v) is 10.0. The maximum atomic E-state index is 11.7. The van der Waals surface area contributed by atoms with Crippen LogP contribution < -0.4 is 21.3 Å². The van der Waals surface area contributed by atoms with Crippen LogP contribution in [0.25, 0.3) is 0 Å². The lowest BCUT2D eigenvalue weighted by Gasteiger charge is -2.13. The third-order valence-corrected chi connectivity index (χ3v) is 4.08. The van der Waals surface area contributed by atoms with Crippen molar-refractivity contribution in [3.63, 3.8) is 0 Å². The molecule has 0 aliphatic carbocycles. The zero-order valence-electron chi connectivity index (χ0n) is 15.7. The number of urea groups is 1. The fourth-order valence-corrected chi connectivity index (χ4v) is 2.61. The number of rotatable bonds is 9. The summed E-state index contributed by atoms with van der Waals surface area (Å²) in [4.78, 5) is 15.9. The number of nitrogens with zero attached hydrogens (tertiary/aromatic N) is 1. The molecule has 0 fully saturated rings. The number of carbonyl (C=O) groups excluding carboxylic acids is 1. The van der Waals surface area contributed by atoms with Gasteiger partial charge in [0.05, 0.1) is 0 Å². The van der Waals surface area contributed by atoms with Crippen molar-refractivity contribution >= 4 is 29.4 Å². The number of nitrogens with one attached hydrogen (secondary N) is 4. The van der Waals surface area contributed by atoms with E-state index in [1.165, 1.54) is 12.2 Å². The Morgan fingerprint density at radius 3 is 2.48 bits per heavy atom. The van der Waals surface area contributed by atoms with Gasteiger partial charge in [0, 0.05) is 31.9 Å². The Balaban J connectivity index is 2.35. The maximum absolute atomic E-state index is 11.7. The summed E-state index contributed by atoms with van der Waals surface area (Å²) in [7, 11) is 1.78. The summed E-state index contributed by atoms with van der Waals surface area (Å²) < 4.78 is 0. The summed E-state index contributed by atoms with van der Waals surface area (Å²) >= 11 is 1.88. The van der Waals surface area contributed by atoms with E-state index in [2.05, 4.69) is 32.5 Å².